The van der Waals surface area contributed by atoms with Crippen molar-refractivity contribution < 1.29 is 9.53 Å². The molecule has 1 unspecified atom stereocenters. The van der Waals surface area contributed by atoms with Crippen molar-refractivity contribution in [2.24, 2.45) is 5.92 Å². The van der Waals surface area contributed by atoms with Gasteiger partial charge in [0.05, 0.1) is 13.2 Å². The molecule has 3 nitrogen and oxygen atoms in total. The van der Waals surface area contributed by atoms with Crippen LogP contribution in [-0.4, -0.2) is 19.1 Å². The van der Waals surface area contributed by atoms with Gasteiger partial charge < -0.3 is 4.74 Å². The first kappa shape index (κ1) is 13.7. The molecular formula is C14H21NO2. The molecule has 94 valence electrons. The molecule has 1 atom stereocenters. The van der Waals surface area contributed by atoms with Crippen molar-refractivity contribution in [3.8, 4) is 0 Å². The summed E-state index contributed by atoms with van der Waals surface area (Å²) >= 11 is 0. The molecule has 0 radical (unpaired) electrons. The summed E-state index contributed by atoms with van der Waals surface area (Å²) in [5.41, 5.74) is 1.20. The lowest BCUT2D eigenvalue weighted by Gasteiger charge is -2.22. The quantitative estimate of drug-likeness (QED) is 0.770. The van der Waals surface area contributed by atoms with E-state index in [9.17, 15) is 4.79 Å². The van der Waals surface area contributed by atoms with Crippen LogP contribution in [0.25, 0.3) is 0 Å². The minimum atomic E-state index is -0.200. The Kier molecular flexibility index (Phi) is 5.70. The third-order valence-electron chi connectivity index (χ3n) is 2.60. The fraction of sp³-hybridized carbons (Fsp3) is 0.500. The Bertz CT molecular complexity index is 335. The molecule has 1 rings (SSSR count). The Balaban J connectivity index is 2.59. The number of rotatable bonds is 6. The molecule has 0 fully saturated rings. The number of carbonyl (C=O) groups is 1. The normalized spacial score (nSPS) is 12.5. The number of carbonyl (C=O) groups excluding carboxylic acids is 1. The van der Waals surface area contributed by atoms with Crippen molar-refractivity contribution in [2.45, 2.75) is 26.8 Å². The van der Waals surface area contributed by atoms with Crippen molar-refractivity contribution in [1.29, 1.82) is 0 Å². The number of esters is 1. The second-order valence-corrected chi connectivity index (χ2v) is 4.32. The summed E-state index contributed by atoms with van der Waals surface area (Å²) < 4.78 is 4.91. The van der Waals surface area contributed by atoms with E-state index < -0.39 is 0 Å². The number of ether oxygens (including phenoxy) is 1. The van der Waals surface area contributed by atoms with E-state index in [4.69, 9.17) is 4.74 Å². The topological polar surface area (TPSA) is 38.3 Å². The van der Waals surface area contributed by atoms with E-state index in [1.54, 1.807) is 0 Å². The summed E-state index contributed by atoms with van der Waals surface area (Å²) in [5, 5.41) is 3.25. The number of hydrogen-bond acceptors (Lipinski definition) is 3. The van der Waals surface area contributed by atoms with Crippen LogP contribution < -0.4 is 5.32 Å². The summed E-state index contributed by atoms with van der Waals surface area (Å²) in [6.07, 6.45) is 0. The van der Waals surface area contributed by atoms with Gasteiger partial charge in [0.2, 0.25) is 0 Å². The maximum Gasteiger partial charge on any atom is 0.319 e. The van der Waals surface area contributed by atoms with Gasteiger partial charge in [-0.15, -0.1) is 0 Å². The Labute approximate surface area is 103 Å². The van der Waals surface area contributed by atoms with E-state index in [2.05, 4.69) is 31.3 Å². The number of nitrogens with one attached hydrogen (secondary N) is 1. The Morgan fingerprint density at radius 2 is 1.94 bits per heavy atom. The maximum atomic E-state index is 11.3. The van der Waals surface area contributed by atoms with E-state index in [0.29, 0.717) is 12.5 Å². The van der Waals surface area contributed by atoms with Gasteiger partial charge in [-0.3, -0.25) is 10.1 Å². The van der Waals surface area contributed by atoms with E-state index in [0.717, 1.165) is 0 Å². The van der Waals surface area contributed by atoms with E-state index >= 15 is 0 Å². The van der Waals surface area contributed by atoms with Gasteiger partial charge in [-0.2, -0.15) is 0 Å². The summed E-state index contributed by atoms with van der Waals surface area (Å²) in [6.45, 7) is 6.77. The number of hydrogen-bond donors (Lipinski definition) is 1. The molecular weight excluding hydrogens is 214 g/mol. The highest BCUT2D eigenvalue weighted by Crippen LogP contribution is 2.20. The van der Waals surface area contributed by atoms with Gasteiger partial charge in [0.1, 0.15) is 0 Å². The molecule has 1 aromatic carbocycles. The maximum absolute atomic E-state index is 11.3. The molecule has 0 aromatic heterocycles. The summed E-state index contributed by atoms with van der Waals surface area (Å²) in [5.74, 6) is 0.223. The van der Waals surface area contributed by atoms with Crippen molar-refractivity contribution in [2.75, 3.05) is 13.2 Å². The van der Waals surface area contributed by atoms with Gasteiger partial charge >= 0.3 is 5.97 Å². The molecule has 0 aliphatic rings. The van der Waals surface area contributed by atoms with Gasteiger partial charge in [0.25, 0.3) is 0 Å². The third-order valence-corrected chi connectivity index (χ3v) is 2.60. The molecule has 1 aromatic rings. The predicted molar refractivity (Wildman–Crippen MR) is 68.7 cm³/mol. The van der Waals surface area contributed by atoms with Gasteiger partial charge in [-0.1, -0.05) is 44.2 Å². The second-order valence-electron chi connectivity index (χ2n) is 4.32. The summed E-state index contributed by atoms with van der Waals surface area (Å²) in [7, 11) is 0. The summed E-state index contributed by atoms with van der Waals surface area (Å²) in [6, 6.07) is 10.3. The molecule has 0 saturated heterocycles. The fourth-order valence-electron chi connectivity index (χ4n) is 1.80. The smallest absolute Gasteiger partial charge is 0.319 e. The molecule has 1 N–H and O–H groups in total. The van der Waals surface area contributed by atoms with Crippen LogP contribution in [0.3, 0.4) is 0 Å². The molecule has 0 aliphatic carbocycles. The first-order valence-electron chi connectivity index (χ1n) is 6.09. The lowest BCUT2D eigenvalue weighted by atomic mass is 9.96. The van der Waals surface area contributed by atoms with Gasteiger partial charge in [-0.25, -0.2) is 0 Å². The fourth-order valence-corrected chi connectivity index (χ4v) is 1.80. The molecule has 0 amide bonds. The largest absolute Gasteiger partial charge is 0.465 e. The highest BCUT2D eigenvalue weighted by atomic mass is 16.5. The summed E-state index contributed by atoms with van der Waals surface area (Å²) in [4.78, 5) is 11.3. The zero-order valence-corrected chi connectivity index (χ0v) is 10.8. The van der Waals surface area contributed by atoms with Crippen LogP contribution in [0, 0.1) is 5.92 Å². The van der Waals surface area contributed by atoms with Crippen molar-refractivity contribution in [1.82, 2.24) is 5.32 Å². The average Bonchev–Trinajstić information content (AvgIpc) is 2.30. The Morgan fingerprint density at radius 3 is 2.47 bits per heavy atom. The Morgan fingerprint density at radius 1 is 1.29 bits per heavy atom. The third kappa shape index (κ3) is 4.57. The van der Waals surface area contributed by atoms with Crippen LogP contribution in [0.4, 0.5) is 0 Å². The van der Waals surface area contributed by atoms with Crippen molar-refractivity contribution in [3.05, 3.63) is 35.9 Å². The predicted octanol–water partition coefficient (Wildman–Crippen LogP) is 2.54. The second kappa shape index (κ2) is 7.07. The van der Waals surface area contributed by atoms with Gasteiger partial charge in [-0.05, 0) is 18.4 Å². The molecule has 0 bridgehead atoms. The molecule has 0 saturated carbocycles. The van der Waals surface area contributed by atoms with Crippen LogP contribution in [0.1, 0.15) is 32.4 Å². The highest BCUT2D eigenvalue weighted by molar-refractivity contribution is 5.71. The SMILES string of the molecule is CCOC(=O)CNC(c1ccccc1)C(C)C. The zero-order chi connectivity index (χ0) is 12.7. The van der Waals surface area contributed by atoms with Crippen LogP contribution in [-0.2, 0) is 9.53 Å². The molecule has 0 heterocycles. The molecule has 3 heteroatoms. The minimum Gasteiger partial charge on any atom is -0.465 e. The molecule has 0 spiro atoms. The van der Waals surface area contributed by atoms with Crippen molar-refractivity contribution in [3.63, 3.8) is 0 Å². The standard InChI is InChI=1S/C14H21NO2/c1-4-17-13(16)10-15-14(11(2)3)12-8-6-5-7-9-12/h5-9,11,14-15H,4,10H2,1-3H3. The molecule has 0 aliphatic heterocycles. The lowest BCUT2D eigenvalue weighted by molar-refractivity contribution is -0.142. The zero-order valence-electron chi connectivity index (χ0n) is 10.8. The van der Waals surface area contributed by atoms with Crippen LogP contribution in [0.5, 0.6) is 0 Å². The van der Waals surface area contributed by atoms with Crippen molar-refractivity contribution >= 4 is 5.97 Å². The van der Waals surface area contributed by atoms with Gasteiger partial charge in [0.15, 0.2) is 0 Å². The molecule has 17 heavy (non-hydrogen) atoms. The Hall–Kier alpha value is -1.35. The van der Waals surface area contributed by atoms with E-state index in [-0.39, 0.29) is 18.6 Å². The van der Waals surface area contributed by atoms with Crippen LogP contribution >= 0.6 is 0 Å². The van der Waals surface area contributed by atoms with Gasteiger partial charge in [0, 0.05) is 6.04 Å². The monoisotopic (exact) mass is 235 g/mol. The first-order chi connectivity index (χ1) is 8.15. The lowest BCUT2D eigenvalue weighted by Crippen LogP contribution is -2.31. The van der Waals surface area contributed by atoms with Crippen LogP contribution in [0.15, 0.2) is 30.3 Å². The van der Waals surface area contributed by atoms with Crippen LogP contribution in [0.2, 0.25) is 0 Å². The number of benzene rings is 1. The average molecular weight is 235 g/mol. The first-order valence-corrected chi connectivity index (χ1v) is 6.09. The minimum absolute atomic E-state index is 0.181. The van der Waals surface area contributed by atoms with E-state index in [1.807, 2.05) is 25.1 Å². The highest BCUT2D eigenvalue weighted by Gasteiger charge is 2.16. The van der Waals surface area contributed by atoms with E-state index in [1.165, 1.54) is 5.56 Å².